The van der Waals surface area contributed by atoms with Gasteiger partial charge < -0.3 is 5.32 Å². The van der Waals surface area contributed by atoms with Gasteiger partial charge in [-0.25, -0.2) is 0 Å². The normalized spacial score (nSPS) is 18.0. The lowest BCUT2D eigenvalue weighted by atomic mass is 10.1. The summed E-state index contributed by atoms with van der Waals surface area (Å²) in [5.74, 6) is 0.977. The van der Waals surface area contributed by atoms with E-state index < -0.39 is 0 Å². The minimum Gasteiger partial charge on any atom is -0.317 e. The summed E-state index contributed by atoms with van der Waals surface area (Å²) in [6.07, 6.45) is 7.32. The fourth-order valence-electron chi connectivity index (χ4n) is 2.09. The van der Waals surface area contributed by atoms with Crippen LogP contribution in [0.5, 0.6) is 0 Å². The van der Waals surface area contributed by atoms with Gasteiger partial charge >= 0.3 is 0 Å². The zero-order chi connectivity index (χ0) is 11.5. The first-order valence-corrected chi connectivity index (χ1v) is 6.40. The van der Waals surface area contributed by atoms with Gasteiger partial charge in [0.2, 0.25) is 0 Å². The van der Waals surface area contributed by atoms with E-state index in [4.69, 9.17) is 0 Å². The number of likely N-dealkylation sites (N-methyl/N-ethyl adjacent to an activating group) is 1. The maximum atomic E-state index is 4.60. The molecule has 2 rings (SSSR count). The van der Waals surface area contributed by atoms with Gasteiger partial charge in [0.1, 0.15) is 0 Å². The molecule has 1 saturated carbocycles. The van der Waals surface area contributed by atoms with Crippen molar-refractivity contribution in [2.24, 2.45) is 5.92 Å². The van der Waals surface area contributed by atoms with Crippen LogP contribution >= 0.6 is 0 Å². The lowest BCUT2D eigenvalue weighted by molar-refractivity contribution is 0.474. The second kappa shape index (κ2) is 5.00. The third-order valence-corrected chi connectivity index (χ3v) is 3.37. The van der Waals surface area contributed by atoms with E-state index in [0.717, 1.165) is 12.3 Å². The van der Waals surface area contributed by atoms with Gasteiger partial charge in [0.05, 0.1) is 5.69 Å². The molecule has 1 aromatic rings. The van der Waals surface area contributed by atoms with Gasteiger partial charge in [0.15, 0.2) is 0 Å². The van der Waals surface area contributed by atoms with E-state index in [1.807, 2.05) is 4.68 Å². The zero-order valence-electron chi connectivity index (χ0n) is 10.6. The SMILES string of the molecule is CNC(Cc1ccn(C(C)C)n1)CC1CC1. The van der Waals surface area contributed by atoms with Crippen LogP contribution in [0, 0.1) is 5.92 Å². The summed E-state index contributed by atoms with van der Waals surface area (Å²) in [4.78, 5) is 0. The Kier molecular flexibility index (Phi) is 3.64. The van der Waals surface area contributed by atoms with Crippen molar-refractivity contribution in [2.75, 3.05) is 7.05 Å². The Hall–Kier alpha value is -0.830. The molecule has 0 radical (unpaired) electrons. The summed E-state index contributed by atoms with van der Waals surface area (Å²) in [5, 5.41) is 8.01. The molecule has 3 heteroatoms. The van der Waals surface area contributed by atoms with Crippen LogP contribution in [0.25, 0.3) is 0 Å². The van der Waals surface area contributed by atoms with E-state index in [1.54, 1.807) is 0 Å². The number of hydrogen-bond donors (Lipinski definition) is 1. The molecule has 1 aromatic heterocycles. The number of hydrogen-bond acceptors (Lipinski definition) is 2. The fourth-order valence-corrected chi connectivity index (χ4v) is 2.09. The quantitative estimate of drug-likeness (QED) is 0.799. The Labute approximate surface area is 98.2 Å². The van der Waals surface area contributed by atoms with E-state index >= 15 is 0 Å². The van der Waals surface area contributed by atoms with Crippen molar-refractivity contribution < 1.29 is 0 Å². The standard InChI is InChI=1S/C13H23N3/c1-10(2)16-7-6-12(15-16)9-13(14-3)8-11-4-5-11/h6-7,10-11,13-14H,4-5,8-9H2,1-3H3. The van der Waals surface area contributed by atoms with Crippen molar-refractivity contribution in [3.63, 3.8) is 0 Å². The van der Waals surface area contributed by atoms with Crippen molar-refractivity contribution in [3.05, 3.63) is 18.0 Å². The Bertz CT molecular complexity index is 326. The van der Waals surface area contributed by atoms with Crippen molar-refractivity contribution in [3.8, 4) is 0 Å². The van der Waals surface area contributed by atoms with Gasteiger partial charge in [-0.1, -0.05) is 12.8 Å². The molecule has 0 aliphatic heterocycles. The van der Waals surface area contributed by atoms with Crippen molar-refractivity contribution >= 4 is 0 Å². The molecule has 0 spiro atoms. The van der Waals surface area contributed by atoms with E-state index in [2.05, 4.69) is 43.6 Å². The third-order valence-electron chi connectivity index (χ3n) is 3.37. The summed E-state index contributed by atoms with van der Waals surface area (Å²) >= 11 is 0. The van der Waals surface area contributed by atoms with Gasteiger partial charge in [-0.2, -0.15) is 5.10 Å². The molecule has 1 fully saturated rings. The van der Waals surface area contributed by atoms with E-state index in [0.29, 0.717) is 12.1 Å². The minimum atomic E-state index is 0.463. The van der Waals surface area contributed by atoms with Crippen molar-refractivity contribution in [2.45, 2.75) is 51.6 Å². The molecule has 1 atom stereocenters. The lowest BCUT2D eigenvalue weighted by Crippen LogP contribution is -2.28. The van der Waals surface area contributed by atoms with Gasteiger partial charge in [0.25, 0.3) is 0 Å². The highest BCUT2D eigenvalue weighted by atomic mass is 15.3. The molecule has 0 saturated heterocycles. The van der Waals surface area contributed by atoms with Crippen LogP contribution in [0.1, 0.15) is 44.8 Å². The van der Waals surface area contributed by atoms with Crippen LogP contribution in [0.4, 0.5) is 0 Å². The molecule has 16 heavy (non-hydrogen) atoms. The van der Waals surface area contributed by atoms with Gasteiger partial charge in [-0.3, -0.25) is 4.68 Å². The first-order valence-electron chi connectivity index (χ1n) is 6.40. The van der Waals surface area contributed by atoms with Gasteiger partial charge in [0, 0.05) is 24.7 Å². The fraction of sp³-hybridized carbons (Fsp3) is 0.769. The molecular weight excluding hydrogens is 198 g/mol. The molecule has 1 heterocycles. The molecule has 1 N–H and O–H groups in total. The Balaban J connectivity index is 1.89. The maximum Gasteiger partial charge on any atom is 0.0640 e. The number of rotatable bonds is 6. The maximum absolute atomic E-state index is 4.60. The molecule has 0 bridgehead atoms. The van der Waals surface area contributed by atoms with Crippen molar-refractivity contribution in [1.29, 1.82) is 0 Å². The molecule has 0 aromatic carbocycles. The molecule has 1 unspecified atom stereocenters. The Morgan fingerprint density at radius 3 is 2.75 bits per heavy atom. The Morgan fingerprint density at radius 2 is 2.25 bits per heavy atom. The molecule has 3 nitrogen and oxygen atoms in total. The predicted molar refractivity (Wildman–Crippen MR) is 66.5 cm³/mol. The van der Waals surface area contributed by atoms with Crippen LogP contribution in [-0.4, -0.2) is 22.9 Å². The highest BCUT2D eigenvalue weighted by Gasteiger charge is 2.25. The van der Waals surface area contributed by atoms with Crippen LogP contribution in [0.2, 0.25) is 0 Å². The Morgan fingerprint density at radius 1 is 1.50 bits per heavy atom. The van der Waals surface area contributed by atoms with E-state index in [-0.39, 0.29) is 0 Å². The second-order valence-electron chi connectivity index (χ2n) is 5.25. The molecule has 1 aliphatic rings. The highest BCUT2D eigenvalue weighted by Crippen LogP contribution is 2.33. The molecule has 0 amide bonds. The summed E-state index contributed by atoms with van der Waals surface area (Å²) in [5.41, 5.74) is 1.22. The predicted octanol–water partition coefficient (Wildman–Crippen LogP) is 2.39. The van der Waals surface area contributed by atoms with E-state index in [1.165, 1.54) is 25.0 Å². The van der Waals surface area contributed by atoms with Gasteiger partial charge in [-0.15, -0.1) is 0 Å². The largest absolute Gasteiger partial charge is 0.317 e. The number of nitrogens with one attached hydrogen (secondary N) is 1. The van der Waals surface area contributed by atoms with Crippen LogP contribution in [0.15, 0.2) is 12.3 Å². The van der Waals surface area contributed by atoms with E-state index in [9.17, 15) is 0 Å². The summed E-state index contributed by atoms with van der Waals surface area (Å²) in [7, 11) is 2.06. The average molecular weight is 221 g/mol. The number of aromatic nitrogens is 2. The second-order valence-corrected chi connectivity index (χ2v) is 5.25. The van der Waals surface area contributed by atoms with Crippen LogP contribution in [0.3, 0.4) is 0 Å². The summed E-state index contributed by atoms with van der Waals surface area (Å²) in [6, 6.07) is 3.21. The minimum absolute atomic E-state index is 0.463. The zero-order valence-corrected chi connectivity index (χ0v) is 10.6. The number of nitrogens with zero attached hydrogens (tertiary/aromatic N) is 2. The average Bonchev–Trinajstić information content (AvgIpc) is 2.93. The third kappa shape index (κ3) is 3.08. The summed E-state index contributed by atoms with van der Waals surface area (Å²) in [6.45, 7) is 4.33. The van der Waals surface area contributed by atoms with Crippen LogP contribution < -0.4 is 5.32 Å². The monoisotopic (exact) mass is 221 g/mol. The molecule has 1 aliphatic carbocycles. The molecular formula is C13H23N3. The topological polar surface area (TPSA) is 29.9 Å². The van der Waals surface area contributed by atoms with Crippen molar-refractivity contribution in [1.82, 2.24) is 15.1 Å². The highest BCUT2D eigenvalue weighted by molar-refractivity contribution is 5.02. The smallest absolute Gasteiger partial charge is 0.0640 e. The summed E-state index contributed by atoms with van der Waals surface area (Å²) < 4.78 is 2.04. The first-order chi connectivity index (χ1) is 7.69. The van der Waals surface area contributed by atoms with Gasteiger partial charge in [-0.05, 0) is 39.3 Å². The van der Waals surface area contributed by atoms with Crippen LogP contribution in [-0.2, 0) is 6.42 Å². The first kappa shape index (κ1) is 11.6. The lowest BCUT2D eigenvalue weighted by Gasteiger charge is -2.14. The molecule has 90 valence electrons.